The molecule has 0 spiro atoms. The molecule has 2 heterocycles. The molecule has 1 aromatic carbocycles. The number of hydrogen-bond donors (Lipinski definition) is 1. The van der Waals surface area contributed by atoms with Gasteiger partial charge in [0.2, 0.25) is 0 Å². The minimum atomic E-state index is 0.594. The van der Waals surface area contributed by atoms with Gasteiger partial charge in [-0.15, -0.1) is 0 Å². The van der Waals surface area contributed by atoms with Gasteiger partial charge < -0.3 is 14.8 Å². The van der Waals surface area contributed by atoms with Crippen LogP contribution in [-0.2, 0) is 0 Å². The van der Waals surface area contributed by atoms with Gasteiger partial charge in [0.05, 0.1) is 0 Å². The lowest BCUT2D eigenvalue weighted by Gasteiger charge is -2.25. The van der Waals surface area contributed by atoms with Crippen LogP contribution < -0.4 is 14.8 Å². The number of hydrogen-bond acceptors (Lipinski definition) is 4. The topological polar surface area (TPSA) is 30.5 Å². The zero-order chi connectivity index (χ0) is 11.5. The summed E-state index contributed by atoms with van der Waals surface area (Å²) in [7, 11) is 0. The Kier molecular flexibility index (Phi) is 3.31. The van der Waals surface area contributed by atoms with Crippen molar-refractivity contribution < 1.29 is 9.47 Å². The Morgan fingerprint density at radius 2 is 2.06 bits per heavy atom. The molecule has 3 rings (SSSR count). The normalized spacial score (nSPS) is 23.2. The van der Waals surface area contributed by atoms with E-state index < -0.39 is 0 Å². The fourth-order valence-corrected chi connectivity index (χ4v) is 3.30. The maximum atomic E-state index is 5.58. The van der Waals surface area contributed by atoms with E-state index in [0.717, 1.165) is 17.2 Å². The lowest BCUT2D eigenvalue weighted by molar-refractivity contribution is 0.171. The predicted molar refractivity (Wildman–Crippen MR) is 71.4 cm³/mol. The molecule has 1 N–H and O–H groups in total. The molecule has 0 saturated carbocycles. The SMILES string of the molecule is c1cc2c(cc1NC1CCCSC1)OCCO2. The third-order valence-electron chi connectivity index (χ3n) is 3.07. The van der Waals surface area contributed by atoms with Crippen LogP contribution in [-0.4, -0.2) is 30.8 Å². The van der Waals surface area contributed by atoms with E-state index in [2.05, 4.69) is 11.4 Å². The van der Waals surface area contributed by atoms with Gasteiger partial charge in [0.25, 0.3) is 0 Å². The van der Waals surface area contributed by atoms with Crippen molar-refractivity contribution in [2.24, 2.45) is 0 Å². The van der Waals surface area contributed by atoms with Crippen molar-refractivity contribution in [1.29, 1.82) is 0 Å². The van der Waals surface area contributed by atoms with Crippen molar-refractivity contribution in [3.63, 3.8) is 0 Å². The molecular formula is C13H17NO2S. The lowest BCUT2D eigenvalue weighted by atomic mass is 10.1. The Balaban J connectivity index is 1.70. The Morgan fingerprint density at radius 3 is 2.88 bits per heavy atom. The van der Waals surface area contributed by atoms with Crippen molar-refractivity contribution in [2.45, 2.75) is 18.9 Å². The van der Waals surface area contributed by atoms with Crippen LogP contribution in [0.2, 0.25) is 0 Å². The van der Waals surface area contributed by atoms with Crippen LogP contribution >= 0.6 is 11.8 Å². The quantitative estimate of drug-likeness (QED) is 0.875. The van der Waals surface area contributed by atoms with Crippen LogP contribution in [0, 0.1) is 0 Å². The van der Waals surface area contributed by atoms with Gasteiger partial charge in [-0.05, 0) is 30.7 Å². The molecule has 0 amide bonds. The first-order valence-electron chi connectivity index (χ1n) is 6.16. The molecule has 1 fully saturated rings. The number of fused-ring (bicyclic) bond motifs is 1. The summed E-state index contributed by atoms with van der Waals surface area (Å²) >= 11 is 2.03. The van der Waals surface area contributed by atoms with E-state index in [4.69, 9.17) is 9.47 Å². The van der Waals surface area contributed by atoms with Crippen LogP contribution in [0.15, 0.2) is 18.2 Å². The lowest BCUT2D eigenvalue weighted by Crippen LogP contribution is -2.25. The van der Waals surface area contributed by atoms with E-state index in [1.807, 2.05) is 23.9 Å². The summed E-state index contributed by atoms with van der Waals surface area (Å²) < 4.78 is 11.1. The van der Waals surface area contributed by atoms with Gasteiger partial charge in [0.15, 0.2) is 11.5 Å². The number of rotatable bonds is 2. The van der Waals surface area contributed by atoms with E-state index in [1.54, 1.807) is 0 Å². The summed E-state index contributed by atoms with van der Waals surface area (Å²) in [5.41, 5.74) is 1.14. The Morgan fingerprint density at radius 1 is 1.18 bits per heavy atom. The minimum absolute atomic E-state index is 0.594. The minimum Gasteiger partial charge on any atom is -0.486 e. The molecule has 2 aliphatic rings. The molecule has 0 aromatic heterocycles. The van der Waals surface area contributed by atoms with Gasteiger partial charge in [0, 0.05) is 23.5 Å². The molecule has 1 unspecified atom stereocenters. The summed E-state index contributed by atoms with van der Waals surface area (Å²) in [4.78, 5) is 0. The monoisotopic (exact) mass is 251 g/mol. The molecule has 0 bridgehead atoms. The van der Waals surface area contributed by atoms with Gasteiger partial charge in [-0.3, -0.25) is 0 Å². The van der Waals surface area contributed by atoms with Gasteiger partial charge >= 0.3 is 0 Å². The standard InChI is InChI=1S/C13H17NO2S/c1-2-11(9-17-7-1)14-10-3-4-12-13(8-10)16-6-5-15-12/h3-4,8,11,14H,1-2,5-7,9H2. The van der Waals surface area contributed by atoms with Crippen molar-refractivity contribution in [1.82, 2.24) is 0 Å². The van der Waals surface area contributed by atoms with E-state index in [9.17, 15) is 0 Å². The van der Waals surface area contributed by atoms with Crippen molar-refractivity contribution in [3.05, 3.63) is 18.2 Å². The highest BCUT2D eigenvalue weighted by Crippen LogP contribution is 2.33. The second kappa shape index (κ2) is 5.08. The first kappa shape index (κ1) is 11.1. The zero-order valence-electron chi connectivity index (χ0n) is 9.78. The summed E-state index contributed by atoms with van der Waals surface area (Å²) in [6, 6.07) is 6.71. The van der Waals surface area contributed by atoms with Gasteiger partial charge in [-0.1, -0.05) is 0 Å². The van der Waals surface area contributed by atoms with Crippen LogP contribution in [0.3, 0.4) is 0 Å². The Bertz CT molecular complexity index is 391. The summed E-state index contributed by atoms with van der Waals surface area (Å²) in [5.74, 6) is 4.23. The maximum absolute atomic E-state index is 5.58. The van der Waals surface area contributed by atoms with Crippen molar-refractivity contribution in [2.75, 3.05) is 30.0 Å². The van der Waals surface area contributed by atoms with E-state index in [1.165, 1.54) is 24.3 Å². The van der Waals surface area contributed by atoms with Gasteiger partial charge in [0.1, 0.15) is 13.2 Å². The van der Waals surface area contributed by atoms with E-state index in [0.29, 0.717) is 19.3 Å². The Labute approximate surface area is 106 Å². The zero-order valence-corrected chi connectivity index (χ0v) is 10.6. The molecule has 92 valence electrons. The molecule has 4 heteroatoms. The van der Waals surface area contributed by atoms with Gasteiger partial charge in [-0.2, -0.15) is 11.8 Å². The maximum Gasteiger partial charge on any atom is 0.163 e. The third kappa shape index (κ3) is 2.63. The van der Waals surface area contributed by atoms with Gasteiger partial charge in [-0.25, -0.2) is 0 Å². The van der Waals surface area contributed by atoms with Crippen LogP contribution in [0.1, 0.15) is 12.8 Å². The first-order valence-corrected chi connectivity index (χ1v) is 7.31. The van der Waals surface area contributed by atoms with Crippen molar-refractivity contribution in [3.8, 4) is 11.5 Å². The molecule has 0 radical (unpaired) electrons. The fourth-order valence-electron chi connectivity index (χ4n) is 2.22. The molecule has 2 aliphatic heterocycles. The summed E-state index contributed by atoms with van der Waals surface area (Å²) in [6.45, 7) is 1.30. The highest BCUT2D eigenvalue weighted by Gasteiger charge is 2.15. The Hall–Kier alpha value is -1.03. The molecule has 1 aromatic rings. The number of thioether (sulfide) groups is 1. The number of anilines is 1. The molecule has 1 atom stereocenters. The van der Waals surface area contributed by atoms with Crippen LogP contribution in [0.4, 0.5) is 5.69 Å². The van der Waals surface area contributed by atoms with E-state index in [-0.39, 0.29) is 0 Å². The van der Waals surface area contributed by atoms with Crippen LogP contribution in [0.5, 0.6) is 11.5 Å². The second-order valence-electron chi connectivity index (χ2n) is 4.42. The third-order valence-corrected chi connectivity index (χ3v) is 4.29. The molecule has 3 nitrogen and oxygen atoms in total. The molecule has 1 saturated heterocycles. The molecular weight excluding hydrogens is 234 g/mol. The average Bonchev–Trinajstić information content (AvgIpc) is 2.40. The smallest absolute Gasteiger partial charge is 0.163 e. The highest BCUT2D eigenvalue weighted by atomic mass is 32.2. The van der Waals surface area contributed by atoms with Crippen molar-refractivity contribution >= 4 is 17.4 Å². The van der Waals surface area contributed by atoms with E-state index >= 15 is 0 Å². The number of benzene rings is 1. The summed E-state index contributed by atoms with van der Waals surface area (Å²) in [6.07, 6.45) is 2.58. The molecule has 17 heavy (non-hydrogen) atoms. The number of ether oxygens (including phenoxy) is 2. The largest absolute Gasteiger partial charge is 0.486 e. The number of nitrogens with one attached hydrogen (secondary N) is 1. The average molecular weight is 251 g/mol. The highest BCUT2D eigenvalue weighted by molar-refractivity contribution is 7.99. The predicted octanol–water partition coefficient (Wildman–Crippen LogP) is 2.77. The fraction of sp³-hybridized carbons (Fsp3) is 0.538. The summed E-state index contributed by atoms with van der Waals surface area (Å²) in [5, 5.41) is 3.57. The second-order valence-corrected chi connectivity index (χ2v) is 5.57. The first-order chi connectivity index (χ1) is 8.42. The molecule has 0 aliphatic carbocycles. The van der Waals surface area contributed by atoms with Crippen LogP contribution in [0.25, 0.3) is 0 Å².